The van der Waals surface area contributed by atoms with Gasteiger partial charge in [0, 0.05) is 51.9 Å². The van der Waals surface area contributed by atoms with E-state index >= 15 is 0 Å². The lowest BCUT2D eigenvalue weighted by atomic mass is 10.2. The molecule has 1 heterocycles. The molecule has 3 rings (SSSR count). The van der Waals surface area contributed by atoms with Crippen molar-refractivity contribution in [2.45, 2.75) is 40.0 Å². The van der Waals surface area contributed by atoms with Gasteiger partial charge < -0.3 is 24.6 Å². The van der Waals surface area contributed by atoms with Crippen molar-refractivity contribution >= 4 is 23.4 Å². The number of carbonyl (C=O) groups excluding carboxylic acids is 3. The van der Waals surface area contributed by atoms with E-state index < -0.39 is 0 Å². The van der Waals surface area contributed by atoms with Crippen LogP contribution in [-0.4, -0.2) is 85.0 Å². The summed E-state index contributed by atoms with van der Waals surface area (Å²) >= 11 is 0. The van der Waals surface area contributed by atoms with Gasteiger partial charge in [0.25, 0.3) is 0 Å². The number of anilines is 1. The van der Waals surface area contributed by atoms with Crippen molar-refractivity contribution in [2.75, 3.05) is 51.8 Å². The van der Waals surface area contributed by atoms with E-state index in [0.717, 1.165) is 22.6 Å². The average Bonchev–Trinajstić information content (AvgIpc) is 3.02. The Morgan fingerprint density at radius 3 is 2.19 bits per heavy atom. The average molecular weight is 511 g/mol. The zero-order valence-corrected chi connectivity index (χ0v) is 22.2. The number of carbonyl (C=O) groups is 3. The normalized spacial score (nSPS) is 16.3. The number of likely N-dealkylation sites (N-methyl/N-ethyl adjacent to an activating group) is 1. The number of nitrogens with one attached hydrogen (secondary N) is 1. The van der Waals surface area contributed by atoms with Gasteiger partial charge in [-0.25, -0.2) is 0 Å². The first kappa shape index (κ1) is 28.1. The summed E-state index contributed by atoms with van der Waals surface area (Å²) in [6.07, 6.45) is -0.317. The number of rotatable bonds is 11. The minimum atomic E-state index is -0.317. The third kappa shape index (κ3) is 8.58. The van der Waals surface area contributed by atoms with E-state index in [9.17, 15) is 14.4 Å². The van der Waals surface area contributed by atoms with Gasteiger partial charge in [0.15, 0.2) is 0 Å². The van der Waals surface area contributed by atoms with Crippen LogP contribution in [-0.2, 0) is 32.2 Å². The van der Waals surface area contributed by atoms with E-state index in [-0.39, 0.29) is 37.0 Å². The second-order valence-electron chi connectivity index (χ2n) is 9.17. The van der Waals surface area contributed by atoms with Crippen molar-refractivity contribution in [1.82, 2.24) is 14.7 Å². The van der Waals surface area contributed by atoms with Crippen molar-refractivity contribution in [3.8, 4) is 5.75 Å². The van der Waals surface area contributed by atoms with Gasteiger partial charge in [-0.1, -0.05) is 24.3 Å². The predicted octanol–water partition coefficient (Wildman–Crippen LogP) is 2.75. The lowest BCUT2D eigenvalue weighted by molar-refractivity contribution is -0.138. The fourth-order valence-electron chi connectivity index (χ4n) is 4.39. The number of ether oxygens (including phenoxy) is 2. The minimum absolute atomic E-state index is 0.00635. The molecule has 1 saturated heterocycles. The number of benzene rings is 2. The summed E-state index contributed by atoms with van der Waals surface area (Å²) in [5.41, 5.74) is 2.74. The highest BCUT2D eigenvalue weighted by Crippen LogP contribution is 2.18. The number of methoxy groups -OCH3 is 1. The summed E-state index contributed by atoms with van der Waals surface area (Å²) in [4.78, 5) is 42.8. The van der Waals surface area contributed by atoms with Crippen molar-refractivity contribution in [2.24, 2.45) is 0 Å². The first-order valence-corrected chi connectivity index (χ1v) is 12.7. The lowest BCUT2D eigenvalue weighted by Gasteiger charge is -2.26. The van der Waals surface area contributed by atoms with Crippen molar-refractivity contribution in [3.05, 3.63) is 59.7 Å². The first-order chi connectivity index (χ1) is 17.8. The Kier molecular flexibility index (Phi) is 10.5. The summed E-state index contributed by atoms with van der Waals surface area (Å²) in [6.45, 7) is 8.76. The molecule has 0 aliphatic carbocycles. The Bertz CT molecular complexity index is 1040. The number of nitrogens with zero attached hydrogens (tertiary/aromatic N) is 3. The molecule has 0 spiro atoms. The summed E-state index contributed by atoms with van der Waals surface area (Å²) in [6, 6.07) is 15.2. The van der Waals surface area contributed by atoms with E-state index in [1.165, 1.54) is 6.92 Å². The fourth-order valence-corrected chi connectivity index (χ4v) is 4.39. The van der Waals surface area contributed by atoms with Gasteiger partial charge in [0.1, 0.15) is 12.4 Å². The van der Waals surface area contributed by atoms with Crippen molar-refractivity contribution < 1.29 is 23.9 Å². The van der Waals surface area contributed by atoms with E-state index in [2.05, 4.69) is 10.2 Å². The zero-order valence-electron chi connectivity index (χ0n) is 22.2. The first-order valence-electron chi connectivity index (χ1n) is 12.7. The maximum atomic E-state index is 13.3. The minimum Gasteiger partial charge on any atom is -0.497 e. The number of amides is 3. The van der Waals surface area contributed by atoms with Crippen LogP contribution in [0.3, 0.4) is 0 Å². The van der Waals surface area contributed by atoms with Gasteiger partial charge in [-0.2, -0.15) is 0 Å². The largest absolute Gasteiger partial charge is 0.497 e. The Morgan fingerprint density at radius 2 is 1.59 bits per heavy atom. The van der Waals surface area contributed by atoms with Crippen LogP contribution in [0.2, 0.25) is 0 Å². The molecule has 1 N–H and O–H groups in total. The number of hydrogen-bond acceptors (Lipinski definition) is 6. The van der Waals surface area contributed by atoms with E-state index in [1.54, 1.807) is 16.9 Å². The van der Waals surface area contributed by atoms with E-state index in [0.29, 0.717) is 39.3 Å². The third-order valence-corrected chi connectivity index (χ3v) is 6.37. The molecule has 3 amide bonds. The highest BCUT2D eigenvalue weighted by atomic mass is 16.5. The molecule has 1 aliphatic rings. The maximum absolute atomic E-state index is 13.3. The summed E-state index contributed by atoms with van der Waals surface area (Å²) in [7, 11) is 1.62. The van der Waals surface area contributed by atoms with Crippen LogP contribution in [0.4, 0.5) is 5.69 Å². The molecule has 0 bridgehead atoms. The van der Waals surface area contributed by atoms with Crippen molar-refractivity contribution in [3.63, 3.8) is 0 Å². The van der Waals surface area contributed by atoms with E-state index in [1.807, 2.05) is 62.4 Å². The standard InChI is InChI=1S/C28H38N4O5/c1-5-31(6-2)28(35)20-37-26-17-30(15-22-7-11-24(12-8-22)29-21(3)33)19-27(34)32(18-26)16-23-9-13-25(36-4)14-10-23/h7-14,26H,5-6,15-20H2,1-4H3,(H,29,33). The van der Waals surface area contributed by atoms with Crippen LogP contribution < -0.4 is 10.1 Å². The van der Waals surface area contributed by atoms with Crippen LogP contribution in [0.15, 0.2) is 48.5 Å². The molecule has 9 nitrogen and oxygen atoms in total. The van der Waals surface area contributed by atoms with Gasteiger partial charge in [0.2, 0.25) is 17.7 Å². The number of hydrogen-bond donors (Lipinski definition) is 1. The van der Waals surface area contributed by atoms with Gasteiger partial charge >= 0.3 is 0 Å². The van der Waals surface area contributed by atoms with Crippen LogP contribution in [0.1, 0.15) is 31.9 Å². The topological polar surface area (TPSA) is 91.4 Å². The molecule has 2 aromatic rings. The molecule has 1 fully saturated rings. The zero-order chi connectivity index (χ0) is 26.8. The molecule has 200 valence electrons. The highest BCUT2D eigenvalue weighted by molar-refractivity contribution is 5.88. The predicted molar refractivity (Wildman–Crippen MR) is 142 cm³/mol. The van der Waals surface area contributed by atoms with Gasteiger partial charge in [-0.3, -0.25) is 19.3 Å². The molecule has 9 heteroatoms. The second kappa shape index (κ2) is 13.8. The monoisotopic (exact) mass is 510 g/mol. The molecule has 1 atom stereocenters. The van der Waals surface area contributed by atoms with Crippen LogP contribution in [0.25, 0.3) is 0 Å². The molecule has 0 radical (unpaired) electrons. The molecule has 0 aromatic heterocycles. The molecular weight excluding hydrogens is 472 g/mol. The summed E-state index contributed by atoms with van der Waals surface area (Å²) < 4.78 is 11.3. The maximum Gasteiger partial charge on any atom is 0.248 e. The second-order valence-corrected chi connectivity index (χ2v) is 9.17. The molecule has 37 heavy (non-hydrogen) atoms. The highest BCUT2D eigenvalue weighted by Gasteiger charge is 2.29. The Labute approximate surface area is 219 Å². The molecule has 0 saturated carbocycles. The summed E-state index contributed by atoms with van der Waals surface area (Å²) in [5.74, 6) is 0.592. The van der Waals surface area contributed by atoms with Crippen LogP contribution in [0, 0.1) is 0 Å². The fraction of sp³-hybridized carbons (Fsp3) is 0.464. The summed E-state index contributed by atoms with van der Waals surface area (Å²) in [5, 5.41) is 2.76. The van der Waals surface area contributed by atoms with Gasteiger partial charge in [0.05, 0.1) is 19.8 Å². The van der Waals surface area contributed by atoms with Gasteiger partial charge in [-0.05, 0) is 49.2 Å². The Morgan fingerprint density at radius 1 is 0.973 bits per heavy atom. The molecular formula is C28H38N4O5. The SMILES string of the molecule is CCN(CC)C(=O)COC1CN(Cc2ccc(NC(C)=O)cc2)CC(=O)N(Cc2ccc(OC)cc2)C1. The van der Waals surface area contributed by atoms with E-state index in [4.69, 9.17) is 9.47 Å². The van der Waals surface area contributed by atoms with Crippen molar-refractivity contribution in [1.29, 1.82) is 0 Å². The van der Waals surface area contributed by atoms with Crippen LogP contribution >= 0.6 is 0 Å². The molecule has 1 aliphatic heterocycles. The smallest absolute Gasteiger partial charge is 0.248 e. The third-order valence-electron chi connectivity index (χ3n) is 6.37. The molecule has 1 unspecified atom stereocenters. The Balaban J connectivity index is 1.73. The lowest BCUT2D eigenvalue weighted by Crippen LogP contribution is -2.40. The van der Waals surface area contributed by atoms with Gasteiger partial charge in [-0.15, -0.1) is 0 Å². The molecule has 2 aromatic carbocycles. The van der Waals surface area contributed by atoms with Crippen LogP contribution in [0.5, 0.6) is 5.75 Å². The Hall–Kier alpha value is -3.43. The quantitative estimate of drug-likeness (QED) is 0.500.